The molecule has 0 spiro atoms. The van der Waals surface area contributed by atoms with E-state index in [9.17, 15) is 0 Å². The minimum atomic E-state index is 0. The second-order valence-corrected chi connectivity index (χ2v) is 13.0. The average Bonchev–Trinajstić information content (AvgIpc) is 3.16. The molecule has 0 amide bonds. The van der Waals surface area contributed by atoms with Crippen LogP contribution in [0.2, 0.25) is 0 Å². The van der Waals surface area contributed by atoms with Gasteiger partial charge in [-0.25, -0.2) is 0 Å². The number of aryl methyl sites for hydroxylation is 2. The molecule has 0 aliphatic rings. The van der Waals surface area contributed by atoms with Crippen molar-refractivity contribution in [1.82, 2.24) is 15.0 Å². The van der Waals surface area contributed by atoms with Gasteiger partial charge >= 0.3 is 0 Å². The second-order valence-electron chi connectivity index (χ2n) is 13.0. The maximum atomic E-state index is 4.77. The van der Waals surface area contributed by atoms with Crippen LogP contribution in [0, 0.1) is 32.9 Å². The van der Waals surface area contributed by atoms with Gasteiger partial charge in [0.25, 0.3) is 0 Å². The Morgan fingerprint density at radius 2 is 1.22 bits per heavy atom. The first kappa shape index (κ1) is 35.5. The van der Waals surface area contributed by atoms with Crippen molar-refractivity contribution in [3.8, 4) is 44.8 Å². The smallest absolute Gasteiger partial charge is 0.0714 e. The van der Waals surface area contributed by atoms with Crippen LogP contribution in [-0.4, -0.2) is 15.0 Å². The molecule has 0 saturated heterocycles. The number of benzene rings is 5. The van der Waals surface area contributed by atoms with E-state index in [2.05, 4.69) is 105 Å². The van der Waals surface area contributed by atoms with E-state index < -0.39 is 0 Å². The maximum Gasteiger partial charge on any atom is 0.0714 e. The maximum absolute atomic E-state index is 4.77. The molecule has 0 aliphatic carbocycles. The van der Waals surface area contributed by atoms with Gasteiger partial charge in [-0.15, -0.1) is 71.3 Å². The van der Waals surface area contributed by atoms with Crippen LogP contribution in [-0.2, 0) is 20.1 Å². The summed E-state index contributed by atoms with van der Waals surface area (Å²) in [5, 5.41) is 3.73. The molecule has 4 heteroatoms. The molecule has 253 valence electrons. The van der Waals surface area contributed by atoms with E-state index in [1.165, 1.54) is 60.7 Å². The van der Waals surface area contributed by atoms with E-state index in [4.69, 9.17) is 4.98 Å². The summed E-state index contributed by atoms with van der Waals surface area (Å²) < 4.78 is 0. The van der Waals surface area contributed by atoms with Gasteiger partial charge in [-0.2, -0.15) is 0 Å². The van der Waals surface area contributed by atoms with Crippen molar-refractivity contribution in [3.63, 3.8) is 0 Å². The van der Waals surface area contributed by atoms with Crippen molar-refractivity contribution in [2.75, 3.05) is 0 Å². The number of pyridine rings is 3. The monoisotopic (exact) mass is 838 g/mol. The van der Waals surface area contributed by atoms with Crippen LogP contribution in [0.4, 0.5) is 0 Å². The first-order valence-corrected chi connectivity index (χ1v) is 17.1. The van der Waals surface area contributed by atoms with Gasteiger partial charge in [0.1, 0.15) is 0 Å². The zero-order chi connectivity index (χ0) is 34.6. The van der Waals surface area contributed by atoms with Crippen LogP contribution in [0.25, 0.3) is 66.4 Å². The fraction of sp³-hybridized carbons (Fsp3) is 0.128. The zero-order valence-corrected chi connectivity index (χ0v) is 31.9. The fourth-order valence-electron chi connectivity index (χ4n) is 6.97. The minimum absolute atomic E-state index is 0. The number of fused-ring (bicyclic) bond motifs is 3. The van der Waals surface area contributed by atoms with Crippen molar-refractivity contribution in [3.05, 3.63) is 174 Å². The van der Waals surface area contributed by atoms with Crippen molar-refractivity contribution in [2.45, 2.75) is 40.5 Å². The van der Waals surface area contributed by atoms with Crippen LogP contribution < -0.4 is 0 Å². The Hall–Kier alpha value is -5.28. The Balaban J connectivity index is 0.000000291. The number of rotatable bonds is 5. The van der Waals surface area contributed by atoms with Crippen molar-refractivity contribution in [2.24, 2.45) is 0 Å². The van der Waals surface area contributed by atoms with Gasteiger partial charge in [-0.1, -0.05) is 68.4 Å². The molecule has 0 atom stereocenters. The standard InChI is InChI=1S/C36H31N2.C11H8N.Ir/c1-22(2)26-14-15-29-30-12-9-17-38-34(30)21-32(31(29)20-26)36-24(4)18-23(3)35(25(36)5)28-11-8-10-27(19-28)33-13-6-7-16-37-33;1-2-6-10(7-3-1)11-8-4-5-9-12-11;/h6-9,11-22H,1-5H3;1-6,8-9H;/q2*-1;. The van der Waals surface area contributed by atoms with Crippen molar-refractivity contribution >= 4 is 21.7 Å². The molecule has 0 bridgehead atoms. The van der Waals surface area contributed by atoms with Gasteiger partial charge in [0.05, 0.1) is 5.52 Å². The van der Waals surface area contributed by atoms with E-state index in [1.807, 2.05) is 85.2 Å². The molecule has 8 rings (SSSR count). The summed E-state index contributed by atoms with van der Waals surface area (Å²) in [6.07, 6.45) is 5.51. The minimum Gasteiger partial charge on any atom is -0.305 e. The number of aromatic nitrogens is 3. The first-order valence-electron chi connectivity index (χ1n) is 17.1. The number of hydrogen-bond donors (Lipinski definition) is 0. The molecule has 8 aromatic rings. The fourth-order valence-corrected chi connectivity index (χ4v) is 6.97. The molecule has 0 saturated carbocycles. The quantitative estimate of drug-likeness (QED) is 0.128. The topological polar surface area (TPSA) is 38.7 Å². The Bertz CT molecular complexity index is 2380. The molecule has 3 heterocycles. The Morgan fingerprint density at radius 1 is 0.529 bits per heavy atom. The average molecular weight is 838 g/mol. The molecule has 3 nitrogen and oxygen atoms in total. The van der Waals surface area contributed by atoms with E-state index in [0.29, 0.717) is 5.92 Å². The summed E-state index contributed by atoms with van der Waals surface area (Å²) in [6, 6.07) is 48.4. The van der Waals surface area contributed by atoms with Crippen LogP contribution in [0.3, 0.4) is 0 Å². The summed E-state index contributed by atoms with van der Waals surface area (Å²) in [5.74, 6) is 0.457. The number of hydrogen-bond acceptors (Lipinski definition) is 3. The van der Waals surface area contributed by atoms with E-state index in [0.717, 1.165) is 28.0 Å². The summed E-state index contributed by atoms with van der Waals surface area (Å²) in [4.78, 5) is 13.5. The van der Waals surface area contributed by atoms with Crippen LogP contribution in [0.1, 0.15) is 42.0 Å². The SMILES string of the molecule is Cc1cc(C)c(-c2cc3ncccc3c3ccc(C(C)C)cc23)c(C)c1-c1cc[c-]c(-c2ccccn2)c1.[Ir].[c-]1ccccc1-c1ccccn1. The Labute approximate surface area is 314 Å². The molecule has 51 heavy (non-hydrogen) atoms. The summed E-state index contributed by atoms with van der Waals surface area (Å²) in [7, 11) is 0. The summed E-state index contributed by atoms with van der Waals surface area (Å²) >= 11 is 0. The molecule has 0 unspecified atom stereocenters. The predicted octanol–water partition coefficient (Wildman–Crippen LogP) is 12.2. The molecule has 0 N–H and O–H groups in total. The molecule has 0 fully saturated rings. The zero-order valence-electron chi connectivity index (χ0n) is 29.5. The van der Waals surface area contributed by atoms with Gasteiger partial charge in [0.15, 0.2) is 0 Å². The van der Waals surface area contributed by atoms with Crippen LogP contribution >= 0.6 is 0 Å². The van der Waals surface area contributed by atoms with Crippen LogP contribution in [0.5, 0.6) is 0 Å². The van der Waals surface area contributed by atoms with Gasteiger partial charge in [-0.05, 0) is 112 Å². The van der Waals surface area contributed by atoms with Crippen LogP contribution in [0.15, 0.2) is 140 Å². The summed E-state index contributed by atoms with van der Waals surface area (Å²) in [5.41, 5.74) is 15.2. The van der Waals surface area contributed by atoms with Crippen molar-refractivity contribution in [1.29, 1.82) is 0 Å². The molecule has 5 aromatic carbocycles. The molecule has 3 aromatic heterocycles. The summed E-state index contributed by atoms with van der Waals surface area (Å²) in [6.45, 7) is 11.2. The van der Waals surface area contributed by atoms with Gasteiger partial charge < -0.3 is 9.97 Å². The third-order valence-electron chi connectivity index (χ3n) is 9.33. The molecule has 1 radical (unpaired) electrons. The van der Waals surface area contributed by atoms with Gasteiger partial charge in [-0.3, -0.25) is 4.98 Å². The third kappa shape index (κ3) is 7.44. The second kappa shape index (κ2) is 15.7. The van der Waals surface area contributed by atoms with Crippen molar-refractivity contribution < 1.29 is 20.1 Å². The normalized spacial score (nSPS) is 10.9. The predicted molar refractivity (Wildman–Crippen MR) is 209 cm³/mol. The third-order valence-corrected chi connectivity index (χ3v) is 9.33. The Morgan fingerprint density at radius 3 is 1.90 bits per heavy atom. The van der Waals surface area contributed by atoms with Gasteiger partial charge in [0, 0.05) is 44.1 Å². The van der Waals surface area contributed by atoms with E-state index in [1.54, 1.807) is 6.20 Å². The van der Waals surface area contributed by atoms with Gasteiger partial charge in [0.2, 0.25) is 0 Å². The Kier molecular flexibility index (Phi) is 11.0. The van der Waals surface area contributed by atoms with E-state index in [-0.39, 0.29) is 20.1 Å². The molecule has 0 aliphatic heterocycles. The largest absolute Gasteiger partial charge is 0.305 e. The molecular weight excluding hydrogens is 799 g/mol. The van der Waals surface area contributed by atoms with E-state index >= 15 is 0 Å². The number of nitrogens with zero attached hydrogens (tertiary/aromatic N) is 3. The molecular formula is C47H39IrN3-2. The first-order chi connectivity index (χ1) is 24.4.